The molecule has 2 aromatic rings. The lowest BCUT2D eigenvalue weighted by Crippen LogP contribution is -2.57. The van der Waals surface area contributed by atoms with Crippen LogP contribution in [0.4, 0.5) is 0 Å². The van der Waals surface area contributed by atoms with Crippen LogP contribution in [0.15, 0.2) is 46.5 Å². The number of aliphatic hydroxyl groups excluding tert-OH is 1. The average molecular weight is 609 g/mol. The predicted molar refractivity (Wildman–Crippen MR) is 164 cm³/mol. The molecular weight excluding hydrogens is 564 g/mol. The molecule has 0 bridgehead atoms. The Morgan fingerprint density at radius 1 is 1.09 bits per heavy atom. The van der Waals surface area contributed by atoms with Gasteiger partial charge in [0.1, 0.15) is 29.5 Å². The lowest BCUT2D eigenvalue weighted by molar-refractivity contribution is -0.131. The van der Waals surface area contributed by atoms with Gasteiger partial charge in [-0.2, -0.15) is 5.26 Å². The van der Waals surface area contributed by atoms with E-state index < -0.39 is 35.9 Å². The molecule has 0 saturated heterocycles. The summed E-state index contributed by atoms with van der Waals surface area (Å²) in [6, 6.07) is 8.66. The highest BCUT2D eigenvalue weighted by Crippen LogP contribution is 2.18. The minimum absolute atomic E-state index is 0.0519. The standard InChI is InChI=1S/C32H44N6O6/c1-20-11-13-23(14-12-20)19-34-28(40)25(10-8-9-15-38(7)31(43)24(18-33)17-32(4,5)6)35-30(42)27(22(3)39)36-29(41)26-16-21(2)44-37-26/h11-14,16-17,22,25,27,39H,8-10,15,19H2,1-7H3,(H,34,40)(H,35,42)(H,36,41)/t22-,25+,27+/m1/s1. The van der Waals surface area contributed by atoms with E-state index in [4.69, 9.17) is 4.52 Å². The molecule has 0 fully saturated rings. The predicted octanol–water partition coefficient (Wildman–Crippen LogP) is 2.70. The third-order valence-corrected chi connectivity index (χ3v) is 6.64. The lowest BCUT2D eigenvalue weighted by Gasteiger charge is -2.25. The van der Waals surface area contributed by atoms with Crippen molar-refractivity contribution in [2.24, 2.45) is 5.41 Å². The molecule has 4 amide bonds. The first-order valence-electron chi connectivity index (χ1n) is 14.6. The van der Waals surface area contributed by atoms with Crippen LogP contribution in [0.2, 0.25) is 0 Å². The quantitative estimate of drug-likeness (QED) is 0.144. The summed E-state index contributed by atoms with van der Waals surface area (Å²) in [4.78, 5) is 53.3. The summed E-state index contributed by atoms with van der Waals surface area (Å²) in [6.45, 7) is 11.2. The molecule has 0 spiro atoms. The summed E-state index contributed by atoms with van der Waals surface area (Å²) in [5, 5.41) is 31.3. The van der Waals surface area contributed by atoms with Gasteiger partial charge in [-0.05, 0) is 51.0 Å². The van der Waals surface area contributed by atoms with Crippen molar-refractivity contribution in [1.29, 1.82) is 5.26 Å². The second kappa shape index (κ2) is 16.4. The van der Waals surface area contributed by atoms with Crippen molar-refractivity contribution >= 4 is 23.6 Å². The molecule has 0 aliphatic heterocycles. The van der Waals surface area contributed by atoms with Crippen molar-refractivity contribution in [2.45, 2.75) is 85.5 Å². The summed E-state index contributed by atoms with van der Waals surface area (Å²) in [5.41, 5.74) is 1.63. The Kier molecular flexibility index (Phi) is 13.3. The maximum absolute atomic E-state index is 13.2. The Morgan fingerprint density at radius 2 is 1.75 bits per heavy atom. The van der Waals surface area contributed by atoms with Gasteiger partial charge in [0.15, 0.2) is 5.69 Å². The Labute approximate surface area is 258 Å². The Morgan fingerprint density at radius 3 is 2.30 bits per heavy atom. The first-order valence-corrected chi connectivity index (χ1v) is 14.6. The summed E-state index contributed by atoms with van der Waals surface area (Å²) in [6.07, 6.45) is 1.53. The van der Waals surface area contributed by atoms with Gasteiger partial charge in [-0.3, -0.25) is 19.2 Å². The van der Waals surface area contributed by atoms with Gasteiger partial charge in [0.25, 0.3) is 11.8 Å². The molecule has 12 nitrogen and oxygen atoms in total. The SMILES string of the molecule is Cc1ccc(CNC(=O)[C@H](CCCCN(C)C(=O)C(C#N)=CC(C)(C)C)NC(=O)[C@@H](NC(=O)c2cc(C)on2)[C@@H](C)O)cc1. The van der Waals surface area contributed by atoms with Gasteiger partial charge >= 0.3 is 0 Å². The number of benzene rings is 1. The van der Waals surface area contributed by atoms with Crippen LogP contribution in [0.5, 0.6) is 0 Å². The molecule has 44 heavy (non-hydrogen) atoms. The van der Waals surface area contributed by atoms with E-state index in [9.17, 15) is 29.5 Å². The Hall–Kier alpha value is -4.50. The second-order valence-corrected chi connectivity index (χ2v) is 12.0. The van der Waals surface area contributed by atoms with E-state index in [0.29, 0.717) is 25.1 Å². The number of nitriles is 1. The molecular formula is C32H44N6O6. The largest absolute Gasteiger partial charge is 0.391 e. The highest BCUT2D eigenvalue weighted by molar-refractivity contribution is 5.98. The second-order valence-electron chi connectivity index (χ2n) is 12.0. The van der Waals surface area contributed by atoms with Crippen LogP contribution >= 0.6 is 0 Å². The molecule has 2 rings (SSSR count). The lowest BCUT2D eigenvalue weighted by atomic mass is 9.93. The monoisotopic (exact) mass is 608 g/mol. The van der Waals surface area contributed by atoms with Crippen LogP contribution in [0.1, 0.15) is 74.3 Å². The van der Waals surface area contributed by atoms with Crippen LogP contribution in [0.3, 0.4) is 0 Å². The minimum atomic E-state index is -1.37. The van der Waals surface area contributed by atoms with E-state index in [-0.39, 0.29) is 35.6 Å². The molecule has 238 valence electrons. The number of likely N-dealkylation sites (N-methyl/N-ethyl adjacent to an activating group) is 1. The van der Waals surface area contributed by atoms with Crippen molar-refractivity contribution in [1.82, 2.24) is 26.0 Å². The van der Waals surface area contributed by atoms with Gasteiger partial charge in [-0.15, -0.1) is 0 Å². The van der Waals surface area contributed by atoms with Crippen LogP contribution in [0.25, 0.3) is 0 Å². The van der Waals surface area contributed by atoms with E-state index in [0.717, 1.165) is 11.1 Å². The van der Waals surface area contributed by atoms with E-state index >= 15 is 0 Å². The van der Waals surface area contributed by atoms with Gasteiger partial charge in [0.05, 0.1) is 6.10 Å². The maximum atomic E-state index is 13.2. The first-order chi connectivity index (χ1) is 20.6. The highest BCUT2D eigenvalue weighted by Gasteiger charge is 2.30. The number of carbonyl (C=O) groups is 4. The van der Waals surface area contributed by atoms with Crippen molar-refractivity contribution in [3.8, 4) is 6.07 Å². The Bertz CT molecular complexity index is 1370. The Balaban J connectivity index is 2.10. The normalized spacial score (nSPS) is 13.7. The molecule has 0 aliphatic rings. The van der Waals surface area contributed by atoms with Gasteiger partial charge in [0, 0.05) is 26.2 Å². The fourth-order valence-electron chi connectivity index (χ4n) is 4.22. The first kappa shape index (κ1) is 35.7. The van der Waals surface area contributed by atoms with Crippen LogP contribution in [0, 0.1) is 30.6 Å². The molecule has 1 aromatic heterocycles. The number of nitrogens with one attached hydrogen (secondary N) is 3. The number of carbonyl (C=O) groups excluding carboxylic acids is 4. The average Bonchev–Trinajstić information content (AvgIpc) is 3.40. The molecule has 0 unspecified atom stereocenters. The molecule has 1 aromatic carbocycles. The summed E-state index contributed by atoms with van der Waals surface area (Å²) in [7, 11) is 1.61. The van der Waals surface area contributed by atoms with Crippen molar-refractivity contribution in [3.05, 3.63) is 64.6 Å². The number of hydrogen-bond donors (Lipinski definition) is 4. The van der Waals surface area contributed by atoms with Crippen LogP contribution < -0.4 is 16.0 Å². The third-order valence-electron chi connectivity index (χ3n) is 6.64. The number of allylic oxidation sites excluding steroid dienone is 1. The smallest absolute Gasteiger partial charge is 0.274 e. The topological polar surface area (TPSA) is 178 Å². The van der Waals surface area contributed by atoms with Crippen LogP contribution in [-0.4, -0.2) is 70.6 Å². The molecule has 12 heteroatoms. The molecule has 0 radical (unpaired) electrons. The number of aliphatic hydroxyl groups is 1. The fraction of sp³-hybridized carbons (Fsp3) is 0.500. The van der Waals surface area contributed by atoms with Crippen molar-refractivity contribution in [2.75, 3.05) is 13.6 Å². The summed E-state index contributed by atoms with van der Waals surface area (Å²) in [5.74, 6) is -1.89. The summed E-state index contributed by atoms with van der Waals surface area (Å²) < 4.78 is 4.91. The number of unbranched alkanes of at least 4 members (excludes halogenated alkanes) is 1. The fourth-order valence-corrected chi connectivity index (χ4v) is 4.22. The third kappa shape index (κ3) is 11.6. The number of amides is 4. The zero-order valence-corrected chi connectivity index (χ0v) is 26.6. The number of nitrogens with zero attached hydrogens (tertiary/aromatic N) is 3. The van der Waals surface area contributed by atoms with Gasteiger partial charge < -0.3 is 30.5 Å². The number of rotatable bonds is 14. The molecule has 0 saturated carbocycles. The van der Waals surface area contributed by atoms with E-state index in [2.05, 4.69) is 21.1 Å². The minimum Gasteiger partial charge on any atom is -0.391 e. The number of aryl methyl sites for hydroxylation is 2. The molecule has 1 heterocycles. The summed E-state index contributed by atoms with van der Waals surface area (Å²) >= 11 is 0. The van der Waals surface area contributed by atoms with Gasteiger partial charge in [-0.25, -0.2) is 0 Å². The van der Waals surface area contributed by atoms with E-state index in [1.54, 1.807) is 20.0 Å². The van der Waals surface area contributed by atoms with Crippen molar-refractivity contribution < 1.29 is 28.8 Å². The van der Waals surface area contributed by atoms with Crippen molar-refractivity contribution in [3.63, 3.8) is 0 Å². The van der Waals surface area contributed by atoms with Gasteiger partial charge in [0.2, 0.25) is 11.8 Å². The number of hydrogen-bond acceptors (Lipinski definition) is 8. The zero-order valence-electron chi connectivity index (χ0n) is 26.6. The highest BCUT2D eigenvalue weighted by atomic mass is 16.5. The zero-order chi connectivity index (χ0) is 33.0. The molecule has 4 N–H and O–H groups in total. The van der Waals surface area contributed by atoms with E-state index in [1.165, 1.54) is 17.9 Å². The van der Waals surface area contributed by atoms with Crippen LogP contribution in [-0.2, 0) is 20.9 Å². The van der Waals surface area contributed by atoms with Gasteiger partial charge in [-0.1, -0.05) is 61.8 Å². The number of aromatic nitrogens is 1. The molecule has 0 aliphatic carbocycles. The molecule has 3 atom stereocenters. The van der Waals surface area contributed by atoms with E-state index in [1.807, 2.05) is 58.0 Å². The maximum Gasteiger partial charge on any atom is 0.274 e.